The summed E-state index contributed by atoms with van der Waals surface area (Å²) in [5.41, 5.74) is 3.03. The Bertz CT molecular complexity index is 1010. The SMILES string of the molecule is O=C(c1n[nH]nc1-c1ccccc1)N1CCN(Cc2ccc3c(c2)OCO3)CC1. The number of hydrogen-bond acceptors (Lipinski definition) is 6. The van der Waals surface area contributed by atoms with Crippen molar-refractivity contribution in [1.29, 1.82) is 0 Å². The molecule has 2 aromatic carbocycles. The number of fused-ring (bicyclic) bond motifs is 1. The molecule has 1 amide bonds. The zero-order chi connectivity index (χ0) is 19.6. The molecule has 0 spiro atoms. The van der Waals surface area contributed by atoms with Crippen LogP contribution < -0.4 is 9.47 Å². The summed E-state index contributed by atoms with van der Waals surface area (Å²) >= 11 is 0. The van der Waals surface area contributed by atoms with Crippen molar-refractivity contribution in [2.45, 2.75) is 6.54 Å². The Morgan fingerprint density at radius 1 is 0.966 bits per heavy atom. The Balaban J connectivity index is 1.22. The highest BCUT2D eigenvalue weighted by Crippen LogP contribution is 2.33. The van der Waals surface area contributed by atoms with E-state index in [1.807, 2.05) is 47.4 Å². The average Bonchev–Trinajstić information content (AvgIpc) is 3.44. The van der Waals surface area contributed by atoms with Gasteiger partial charge in [0.05, 0.1) is 0 Å². The summed E-state index contributed by atoms with van der Waals surface area (Å²) in [6.07, 6.45) is 0. The highest BCUT2D eigenvalue weighted by Gasteiger charge is 2.27. The first-order valence-electron chi connectivity index (χ1n) is 9.64. The van der Waals surface area contributed by atoms with E-state index in [4.69, 9.17) is 9.47 Å². The summed E-state index contributed by atoms with van der Waals surface area (Å²) in [6.45, 7) is 4.02. The number of aromatic amines is 1. The fourth-order valence-electron chi connectivity index (χ4n) is 3.73. The molecule has 1 N–H and O–H groups in total. The molecule has 5 rings (SSSR count). The predicted molar refractivity (Wildman–Crippen MR) is 106 cm³/mol. The van der Waals surface area contributed by atoms with Crippen molar-refractivity contribution in [3.8, 4) is 22.8 Å². The number of nitrogens with one attached hydrogen (secondary N) is 1. The molecule has 1 aromatic heterocycles. The smallest absolute Gasteiger partial charge is 0.276 e. The summed E-state index contributed by atoms with van der Waals surface area (Å²) in [4.78, 5) is 17.2. The second-order valence-electron chi connectivity index (χ2n) is 7.14. The van der Waals surface area contributed by atoms with E-state index >= 15 is 0 Å². The summed E-state index contributed by atoms with van der Waals surface area (Å²) in [7, 11) is 0. The van der Waals surface area contributed by atoms with E-state index in [2.05, 4.69) is 26.4 Å². The summed E-state index contributed by atoms with van der Waals surface area (Å²) in [6, 6.07) is 15.7. The largest absolute Gasteiger partial charge is 0.454 e. The number of nitrogens with zero attached hydrogens (tertiary/aromatic N) is 4. The van der Waals surface area contributed by atoms with Crippen LogP contribution in [0.25, 0.3) is 11.3 Å². The number of rotatable bonds is 4. The third kappa shape index (κ3) is 3.54. The molecule has 3 heterocycles. The Hall–Kier alpha value is -3.39. The zero-order valence-corrected chi connectivity index (χ0v) is 15.9. The maximum atomic E-state index is 13.0. The van der Waals surface area contributed by atoms with Crippen LogP contribution >= 0.6 is 0 Å². The van der Waals surface area contributed by atoms with Gasteiger partial charge in [0, 0.05) is 38.3 Å². The molecule has 0 radical (unpaired) electrons. The minimum Gasteiger partial charge on any atom is -0.454 e. The molecule has 1 saturated heterocycles. The van der Waals surface area contributed by atoms with Gasteiger partial charge in [-0.25, -0.2) is 0 Å². The van der Waals surface area contributed by atoms with Gasteiger partial charge in [0.25, 0.3) is 5.91 Å². The highest BCUT2D eigenvalue weighted by atomic mass is 16.7. The van der Waals surface area contributed by atoms with Crippen LogP contribution in [0.3, 0.4) is 0 Å². The molecule has 1 fully saturated rings. The second-order valence-corrected chi connectivity index (χ2v) is 7.14. The average molecular weight is 391 g/mol. The van der Waals surface area contributed by atoms with E-state index in [1.54, 1.807) is 0 Å². The number of amides is 1. The first kappa shape index (κ1) is 17.7. The van der Waals surface area contributed by atoms with E-state index in [9.17, 15) is 4.79 Å². The quantitative estimate of drug-likeness (QED) is 0.734. The standard InChI is InChI=1S/C21H21N5O3/c27-21(20-19(22-24-23-20)16-4-2-1-3-5-16)26-10-8-25(9-11-26)13-15-6-7-17-18(12-15)29-14-28-17/h1-7,12H,8-11,13-14H2,(H,22,23,24). The van der Waals surface area contributed by atoms with Crippen LogP contribution in [0.15, 0.2) is 48.5 Å². The topological polar surface area (TPSA) is 83.6 Å². The molecule has 8 nitrogen and oxygen atoms in total. The van der Waals surface area contributed by atoms with Gasteiger partial charge in [0.1, 0.15) is 5.69 Å². The van der Waals surface area contributed by atoms with Gasteiger partial charge in [-0.1, -0.05) is 36.4 Å². The van der Waals surface area contributed by atoms with Crippen molar-refractivity contribution in [2.24, 2.45) is 0 Å². The van der Waals surface area contributed by atoms with Gasteiger partial charge in [-0.05, 0) is 17.7 Å². The highest BCUT2D eigenvalue weighted by molar-refractivity contribution is 5.97. The van der Waals surface area contributed by atoms with Gasteiger partial charge in [-0.15, -0.1) is 0 Å². The van der Waals surface area contributed by atoms with Gasteiger partial charge in [-0.2, -0.15) is 15.4 Å². The van der Waals surface area contributed by atoms with Crippen LogP contribution in [0.4, 0.5) is 0 Å². The molecule has 29 heavy (non-hydrogen) atoms. The van der Waals surface area contributed by atoms with Crippen molar-refractivity contribution < 1.29 is 14.3 Å². The van der Waals surface area contributed by atoms with E-state index in [0.717, 1.165) is 36.7 Å². The summed E-state index contributed by atoms with van der Waals surface area (Å²) < 4.78 is 10.8. The van der Waals surface area contributed by atoms with Crippen molar-refractivity contribution in [3.63, 3.8) is 0 Å². The Labute approximate surface area is 168 Å². The van der Waals surface area contributed by atoms with Crippen LogP contribution in [-0.2, 0) is 6.54 Å². The molecular formula is C21H21N5O3. The number of H-pyrrole nitrogens is 1. The lowest BCUT2D eigenvalue weighted by Gasteiger charge is -2.34. The van der Waals surface area contributed by atoms with Crippen LogP contribution in [0, 0.1) is 0 Å². The van der Waals surface area contributed by atoms with Crippen LogP contribution in [0.5, 0.6) is 11.5 Å². The first-order valence-corrected chi connectivity index (χ1v) is 9.64. The van der Waals surface area contributed by atoms with Crippen LogP contribution in [0.1, 0.15) is 16.1 Å². The maximum absolute atomic E-state index is 13.0. The molecule has 0 aliphatic carbocycles. The molecule has 0 atom stereocenters. The third-order valence-electron chi connectivity index (χ3n) is 5.30. The van der Waals surface area contributed by atoms with Crippen molar-refractivity contribution >= 4 is 5.91 Å². The maximum Gasteiger partial charge on any atom is 0.276 e. The second kappa shape index (κ2) is 7.56. The van der Waals surface area contributed by atoms with Crippen LogP contribution in [-0.4, -0.2) is 64.1 Å². The number of hydrogen-bond donors (Lipinski definition) is 1. The van der Waals surface area contributed by atoms with E-state index in [-0.39, 0.29) is 12.7 Å². The van der Waals surface area contributed by atoms with Gasteiger partial charge in [0.15, 0.2) is 17.2 Å². The van der Waals surface area contributed by atoms with Crippen molar-refractivity contribution in [1.82, 2.24) is 25.2 Å². The first-order chi connectivity index (χ1) is 14.3. The minimum absolute atomic E-state index is 0.0830. The lowest BCUT2D eigenvalue weighted by atomic mass is 10.1. The zero-order valence-electron chi connectivity index (χ0n) is 15.9. The molecule has 0 saturated carbocycles. The van der Waals surface area contributed by atoms with E-state index in [1.165, 1.54) is 5.56 Å². The predicted octanol–water partition coefficient (Wildman–Crippen LogP) is 2.16. The number of piperazine rings is 1. The van der Waals surface area contributed by atoms with Crippen LogP contribution in [0.2, 0.25) is 0 Å². The minimum atomic E-state index is -0.0830. The normalized spacial score (nSPS) is 16.2. The Kier molecular flexibility index (Phi) is 4.61. The van der Waals surface area contributed by atoms with Gasteiger partial charge in [0.2, 0.25) is 6.79 Å². The van der Waals surface area contributed by atoms with E-state index < -0.39 is 0 Å². The fraction of sp³-hybridized carbons (Fsp3) is 0.286. The third-order valence-corrected chi connectivity index (χ3v) is 5.30. The number of ether oxygens (including phenoxy) is 2. The number of carbonyl (C=O) groups is 1. The Morgan fingerprint density at radius 3 is 2.59 bits per heavy atom. The molecular weight excluding hydrogens is 370 g/mol. The lowest BCUT2D eigenvalue weighted by molar-refractivity contribution is 0.0623. The monoisotopic (exact) mass is 391 g/mol. The number of aromatic nitrogens is 3. The van der Waals surface area contributed by atoms with Gasteiger partial charge >= 0.3 is 0 Å². The number of benzene rings is 2. The fourth-order valence-corrected chi connectivity index (χ4v) is 3.73. The van der Waals surface area contributed by atoms with Crippen molar-refractivity contribution in [2.75, 3.05) is 33.0 Å². The van der Waals surface area contributed by atoms with Gasteiger partial charge < -0.3 is 14.4 Å². The number of carbonyl (C=O) groups excluding carboxylic acids is 1. The Morgan fingerprint density at radius 2 is 1.76 bits per heavy atom. The molecule has 3 aromatic rings. The molecule has 0 bridgehead atoms. The summed E-state index contributed by atoms with van der Waals surface area (Å²) in [5, 5.41) is 10.9. The summed E-state index contributed by atoms with van der Waals surface area (Å²) in [5.74, 6) is 1.52. The van der Waals surface area contributed by atoms with E-state index in [0.29, 0.717) is 24.5 Å². The molecule has 8 heteroatoms. The lowest BCUT2D eigenvalue weighted by Crippen LogP contribution is -2.48. The molecule has 2 aliphatic rings. The van der Waals surface area contributed by atoms with Crippen molar-refractivity contribution in [3.05, 3.63) is 59.8 Å². The van der Waals surface area contributed by atoms with Gasteiger partial charge in [-0.3, -0.25) is 9.69 Å². The molecule has 148 valence electrons. The molecule has 2 aliphatic heterocycles. The molecule has 0 unspecified atom stereocenters.